The Labute approximate surface area is 176 Å². The summed E-state index contributed by atoms with van der Waals surface area (Å²) in [6, 6.07) is 32.8. The number of imidazole rings is 1. The molecule has 5 aromatic rings. The Bertz CT molecular complexity index is 1130. The Balaban J connectivity index is 1.82. The van der Waals surface area contributed by atoms with Gasteiger partial charge in [0.05, 0.1) is 0 Å². The van der Waals surface area contributed by atoms with Crippen LogP contribution in [0.4, 0.5) is 0 Å². The normalized spacial score (nSPS) is 11.6. The molecule has 0 saturated carbocycles. The first-order valence-corrected chi connectivity index (χ1v) is 20.8. The van der Waals surface area contributed by atoms with E-state index in [2.05, 4.69) is 111 Å². The molecule has 0 radical (unpaired) electrons. The van der Waals surface area contributed by atoms with E-state index in [1.807, 2.05) is 8.31 Å². The van der Waals surface area contributed by atoms with Crippen LogP contribution in [-0.2, 0) is 0 Å². The van der Waals surface area contributed by atoms with Crippen LogP contribution in [0.5, 0.6) is 0 Å². The molecule has 5 rings (SSSR count). The SMILES string of the molecule is c1cc[c]([Pb]([S]c2ncnc3nc[nH]c23)([c]2ccccc2)[c]2ccccc2)cc1. The van der Waals surface area contributed by atoms with Gasteiger partial charge in [-0.3, -0.25) is 0 Å². The Hall–Kier alpha value is -2.52. The van der Waals surface area contributed by atoms with E-state index in [0.29, 0.717) is 5.65 Å². The number of nitrogens with zero attached hydrogens (tertiary/aromatic N) is 3. The molecule has 6 heteroatoms. The van der Waals surface area contributed by atoms with E-state index in [9.17, 15) is 0 Å². The van der Waals surface area contributed by atoms with Crippen LogP contribution >= 0.6 is 8.31 Å². The third kappa shape index (κ3) is 3.38. The number of aromatic amines is 1. The van der Waals surface area contributed by atoms with E-state index in [0.717, 1.165) is 10.5 Å². The summed E-state index contributed by atoms with van der Waals surface area (Å²) in [7, 11) is 1.93. The minimum absolute atomic E-state index is 0.707. The number of hydrogen-bond acceptors (Lipinski definition) is 4. The van der Waals surface area contributed by atoms with E-state index in [4.69, 9.17) is 0 Å². The maximum atomic E-state index is 4.68. The molecule has 0 amide bonds. The van der Waals surface area contributed by atoms with Gasteiger partial charge in [0, 0.05) is 0 Å². The maximum absolute atomic E-state index is 4.68. The molecule has 0 bridgehead atoms. The van der Waals surface area contributed by atoms with Crippen LogP contribution in [0.3, 0.4) is 0 Å². The van der Waals surface area contributed by atoms with Gasteiger partial charge in [0.25, 0.3) is 0 Å². The summed E-state index contributed by atoms with van der Waals surface area (Å²) in [4.78, 5) is 16.6. The first-order valence-electron chi connectivity index (χ1n) is 9.37. The van der Waals surface area contributed by atoms with Crippen LogP contribution in [0.15, 0.2) is 109 Å². The van der Waals surface area contributed by atoms with Crippen molar-refractivity contribution in [2.75, 3.05) is 0 Å². The van der Waals surface area contributed by atoms with E-state index in [1.165, 1.54) is 9.37 Å². The van der Waals surface area contributed by atoms with Gasteiger partial charge in [-0.2, -0.15) is 0 Å². The number of aromatic nitrogens is 4. The molecule has 4 nitrogen and oxygen atoms in total. The second-order valence-corrected chi connectivity index (χ2v) is 27.0. The third-order valence-electron chi connectivity index (χ3n) is 4.98. The number of nitrogens with one attached hydrogen (secondary N) is 1. The quantitative estimate of drug-likeness (QED) is 0.253. The molecule has 0 aliphatic heterocycles. The van der Waals surface area contributed by atoms with E-state index in [-0.39, 0.29) is 0 Å². The van der Waals surface area contributed by atoms with Crippen molar-refractivity contribution in [1.29, 1.82) is 0 Å². The molecule has 0 saturated heterocycles. The fourth-order valence-electron chi connectivity index (χ4n) is 3.66. The van der Waals surface area contributed by atoms with Gasteiger partial charge >= 0.3 is 177 Å². The zero-order valence-corrected chi connectivity index (χ0v) is 20.3. The van der Waals surface area contributed by atoms with Crippen LogP contribution in [0.1, 0.15) is 0 Å². The van der Waals surface area contributed by atoms with Crippen molar-refractivity contribution in [2.45, 2.75) is 5.03 Å². The van der Waals surface area contributed by atoms with Crippen molar-refractivity contribution < 1.29 is 0 Å². The summed E-state index contributed by atoms with van der Waals surface area (Å²) in [5, 5.41) is 0.964. The molecule has 0 aliphatic carbocycles. The second kappa shape index (κ2) is 8.08. The Kier molecular flexibility index (Phi) is 5.16. The predicted molar refractivity (Wildman–Crippen MR) is 122 cm³/mol. The molecule has 0 atom stereocenters. The minimum atomic E-state index is -3.68. The molecule has 1 N–H and O–H groups in total. The molecular formula is C23H18N4PbS. The number of fused-ring (bicyclic) bond motifs is 1. The first-order chi connectivity index (χ1) is 14.4. The molecule has 2 aromatic heterocycles. The molecule has 0 fully saturated rings. The van der Waals surface area contributed by atoms with Crippen molar-refractivity contribution >= 4 is 48.5 Å². The molecular weight excluding hydrogens is 572 g/mol. The van der Waals surface area contributed by atoms with Gasteiger partial charge in [0.2, 0.25) is 0 Å². The Morgan fingerprint density at radius 2 is 1.14 bits per heavy atom. The molecule has 0 spiro atoms. The molecule has 2 heterocycles. The number of H-pyrrole nitrogens is 1. The molecule has 3 aromatic carbocycles. The van der Waals surface area contributed by atoms with Crippen LogP contribution in [-0.4, -0.2) is 39.6 Å². The van der Waals surface area contributed by atoms with Crippen molar-refractivity contribution in [3.8, 4) is 0 Å². The van der Waals surface area contributed by atoms with Gasteiger partial charge in [0.1, 0.15) is 0 Å². The van der Waals surface area contributed by atoms with Gasteiger partial charge in [0.15, 0.2) is 0 Å². The molecule has 29 heavy (non-hydrogen) atoms. The fourth-order valence-corrected chi connectivity index (χ4v) is 29.2. The molecule has 0 aliphatic rings. The van der Waals surface area contributed by atoms with Gasteiger partial charge in [-0.1, -0.05) is 0 Å². The van der Waals surface area contributed by atoms with E-state index < -0.39 is 19.7 Å². The van der Waals surface area contributed by atoms with Crippen LogP contribution in [0.25, 0.3) is 11.2 Å². The van der Waals surface area contributed by atoms with Crippen LogP contribution in [0, 0.1) is 0 Å². The average molecular weight is 590 g/mol. The summed E-state index contributed by atoms with van der Waals surface area (Å²) in [5.74, 6) is 0. The van der Waals surface area contributed by atoms with Crippen molar-refractivity contribution in [3.05, 3.63) is 104 Å². The van der Waals surface area contributed by atoms with Crippen molar-refractivity contribution in [2.24, 2.45) is 0 Å². The monoisotopic (exact) mass is 590 g/mol. The van der Waals surface area contributed by atoms with Gasteiger partial charge in [-0.05, 0) is 0 Å². The number of hydrogen-bond donors (Lipinski definition) is 1. The van der Waals surface area contributed by atoms with E-state index >= 15 is 0 Å². The average Bonchev–Trinajstić information content (AvgIpc) is 3.29. The van der Waals surface area contributed by atoms with E-state index in [1.54, 1.807) is 12.7 Å². The standard InChI is InChI=1S/3C6H5.C5H4N4S.Pb/c3*1-2-4-6-5-3-1;10-5-3-4(7-1-6-3)8-2-9-5;/h3*1-5H;1-2H,(H2,6,7,8,9,10);/q;;;;+1/p-1. The second-order valence-electron chi connectivity index (χ2n) is 6.66. The van der Waals surface area contributed by atoms with Gasteiger partial charge in [-0.25, -0.2) is 0 Å². The number of rotatable bonds is 5. The Morgan fingerprint density at radius 1 is 0.621 bits per heavy atom. The molecule has 140 valence electrons. The van der Waals surface area contributed by atoms with Gasteiger partial charge < -0.3 is 0 Å². The Morgan fingerprint density at radius 3 is 1.66 bits per heavy atom. The summed E-state index contributed by atoms with van der Waals surface area (Å²) in [5.41, 5.74) is 1.61. The van der Waals surface area contributed by atoms with Gasteiger partial charge in [-0.15, -0.1) is 0 Å². The topological polar surface area (TPSA) is 54.5 Å². The van der Waals surface area contributed by atoms with Crippen molar-refractivity contribution in [1.82, 2.24) is 19.9 Å². The zero-order chi connectivity index (χ0) is 19.5. The van der Waals surface area contributed by atoms with Crippen LogP contribution < -0.4 is 9.37 Å². The predicted octanol–water partition coefficient (Wildman–Crippen LogP) is 3.11. The summed E-state index contributed by atoms with van der Waals surface area (Å²) in [6.45, 7) is 0. The number of benzene rings is 3. The zero-order valence-electron chi connectivity index (χ0n) is 15.6. The van der Waals surface area contributed by atoms with Crippen LogP contribution in [0.2, 0.25) is 0 Å². The summed E-state index contributed by atoms with van der Waals surface area (Å²) < 4.78 is 4.23. The van der Waals surface area contributed by atoms with Crippen molar-refractivity contribution in [3.63, 3.8) is 0 Å². The summed E-state index contributed by atoms with van der Waals surface area (Å²) in [6.07, 6.45) is 3.31. The fraction of sp³-hybridized carbons (Fsp3) is 0. The first kappa shape index (κ1) is 18.5. The third-order valence-corrected chi connectivity index (χ3v) is 31.2. The molecule has 0 unspecified atom stereocenters. The summed E-state index contributed by atoms with van der Waals surface area (Å²) >= 11 is -3.68.